The second-order valence-corrected chi connectivity index (χ2v) is 5.74. The van der Waals surface area contributed by atoms with Gasteiger partial charge in [-0.15, -0.1) is 0 Å². The first-order valence-corrected chi connectivity index (χ1v) is 7.08. The van der Waals surface area contributed by atoms with E-state index in [-0.39, 0.29) is 0 Å². The standard InChI is InChI=1S/C15H24N2O2/c1-17(8-10-19-11-9-17)7-3-2-4-13-12-14(18)5-6-15(13)16/h5-6,12H,2-4,7-11,16H2,1H3/p+1. The summed E-state index contributed by atoms with van der Waals surface area (Å²) in [5.74, 6) is 0.302. The number of nitrogen functional groups attached to an aromatic ring is 1. The van der Waals surface area contributed by atoms with Crippen LogP contribution in [-0.4, -0.2) is 49.5 Å². The van der Waals surface area contributed by atoms with Gasteiger partial charge in [-0.05, 0) is 43.0 Å². The minimum atomic E-state index is 0.302. The fourth-order valence-corrected chi connectivity index (χ4v) is 2.62. The zero-order valence-corrected chi connectivity index (χ0v) is 11.8. The molecule has 2 rings (SSSR count). The van der Waals surface area contributed by atoms with Crippen molar-refractivity contribution < 1.29 is 14.3 Å². The van der Waals surface area contributed by atoms with Crippen molar-refractivity contribution in [2.24, 2.45) is 0 Å². The number of morpholine rings is 1. The Hall–Kier alpha value is -1.26. The minimum Gasteiger partial charge on any atom is -0.508 e. The van der Waals surface area contributed by atoms with E-state index >= 15 is 0 Å². The number of unbranched alkanes of at least 4 members (excludes halogenated alkanes) is 1. The lowest BCUT2D eigenvalue weighted by Gasteiger charge is -2.37. The van der Waals surface area contributed by atoms with Crippen LogP contribution >= 0.6 is 0 Å². The first-order valence-electron chi connectivity index (χ1n) is 7.08. The summed E-state index contributed by atoms with van der Waals surface area (Å²) in [7, 11) is 2.31. The van der Waals surface area contributed by atoms with E-state index in [4.69, 9.17) is 10.5 Å². The van der Waals surface area contributed by atoms with Gasteiger partial charge in [0.2, 0.25) is 0 Å². The highest BCUT2D eigenvalue weighted by Crippen LogP contribution is 2.20. The third-order valence-corrected chi connectivity index (χ3v) is 4.07. The summed E-state index contributed by atoms with van der Waals surface area (Å²) >= 11 is 0. The number of hydrogen-bond donors (Lipinski definition) is 2. The number of quaternary nitrogens is 1. The van der Waals surface area contributed by atoms with Gasteiger partial charge in [0.05, 0.1) is 26.8 Å². The van der Waals surface area contributed by atoms with Crippen molar-refractivity contribution in [2.45, 2.75) is 19.3 Å². The van der Waals surface area contributed by atoms with E-state index in [1.165, 1.54) is 13.0 Å². The molecule has 0 bridgehead atoms. The third kappa shape index (κ3) is 4.11. The van der Waals surface area contributed by atoms with Crippen molar-refractivity contribution in [3.8, 4) is 5.75 Å². The van der Waals surface area contributed by atoms with Crippen molar-refractivity contribution in [3.63, 3.8) is 0 Å². The second-order valence-electron chi connectivity index (χ2n) is 5.74. The van der Waals surface area contributed by atoms with Crippen LogP contribution in [0.15, 0.2) is 18.2 Å². The first kappa shape index (κ1) is 14.2. The maximum Gasteiger partial charge on any atom is 0.116 e. The predicted molar refractivity (Wildman–Crippen MR) is 77.1 cm³/mol. The van der Waals surface area contributed by atoms with Gasteiger partial charge in [-0.1, -0.05) is 0 Å². The Morgan fingerprint density at radius 2 is 2.00 bits per heavy atom. The van der Waals surface area contributed by atoms with Crippen LogP contribution in [0, 0.1) is 0 Å². The van der Waals surface area contributed by atoms with Gasteiger partial charge in [0, 0.05) is 5.69 Å². The summed E-state index contributed by atoms with van der Waals surface area (Å²) in [6.07, 6.45) is 3.24. The van der Waals surface area contributed by atoms with E-state index < -0.39 is 0 Å². The first-order chi connectivity index (χ1) is 9.09. The summed E-state index contributed by atoms with van der Waals surface area (Å²) in [4.78, 5) is 0. The molecule has 4 heteroatoms. The molecule has 4 nitrogen and oxygen atoms in total. The Labute approximate surface area is 115 Å². The van der Waals surface area contributed by atoms with Crippen LogP contribution < -0.4 is 5.73 Å². The Bertz CT molecular complexity index is 415. The number of phenols is 1. The lowest BCUT2D eigenvalue weighted by Crippen LogP contribution is -2.52. The SMILES string of the molecule is C[N+]1(CCCCc2cc(O)ccc2N)CCOCC1. The summed E-state index contributed by atoms with van der Waals surface area (Å²) in [6.45, 7) is 5.20. The Kier molecular flexibility index (Phi) is 4.66. The summed E-state index contributed by atoms with van der Waals surface area (Å²) in [6, 6.07) is 5.19. The summed E-state index contributed by atoms with van der Waals surface area (Å²) < 4.78 is 6.53. The lowest BCUT2D eigenvalue weighted by molar-refractivity contribution is -0.917. The topological polar surface area (TPSA) is 55.5 Å². The van der Waals surface area contributed by atoms with E-state index in [2.05, 4.69) is 7.05 Å². The van der Waals surface area contributed by atoms with Crippen LogP contribution in [0.2, 0.25) is 0 Å². The molecular formula is C15H25N2O2+. The Morgan fingerprint density at radius 3 is 2.74 bits per heavy atom. The van der Waals surface area contributed by atoms with Gasteiger partial charge in [-0.2, -0.15) is 0 Å². The lowest BCUT2D eigenvalue weighted by atomic mass is 10.1. The molecule has 0 aromatic heterocycles. The molecule has 1 aromatic carbocycles. The van der Waals surface area contributed by atoms with Crippen LogP contribution in [0.3, 0.4) is 0 Å². The van der Waals surface area contributed by atoms with Gasteiger partial charge >= 0.3 is 0 Å². The number of nitrogens with two attached hydrogens (primary N) is 1. The number of anilines is 1. The second kappa shape index (κ2) is 6.26. The van der Waals surface area contributed by atoms with Crippen molar-refractivity contribution in [1.82, 2.24) is 0 Å². The number of likely N-dealkylation sites (N-methyl/N-ethyl adjacent to an activating group) is 1. The molecule has 0 unspecified atom stereocenters. The van der Waals surface area contributed by atoms with Crippen LogP contribution in [0.1, 0.15) is 18.4 Å². The molecule has 0 atom stereocenters. The zero-order valence-electron chi connectivity index (χ0n) is 11.8. The van der Waals surface area contributed by atoms with E-state index in [0.29, 0.717) is 5.75 Å². The molecule has 1 aliphatic heterocycles. The van der Waals surface area contributed by atoms with Crippen molar-refractivity contribution in [3.05, 3.63) is 23.8 Å². The molecule has 0 aliphatic carbocycles. The van der Waals surface area contributed by atoms with E-state index in [1.54, 1.807) is 18.2 Å². The molecule has 3 N–H and O–H groups in total. The average Bonchev–Trinajstić information content (AvgIpc) is 2.39. The number of phenolic OH excluding ortho intramolecular Hbond substituents is 1. The van der Waals surface area contributed by atoms with Crippen LogP contribution in [0.4, 0.5) is 5.69 Å². The molecule has 1 fully saturated rings. The largest absolute Gasteiger partial charge is 0.508 e. The van der Waals surface area contributed by atoms with Gasteiger partial charge < -0.3 is 20.1 Å². The maximum absolute atomic E-state index is 9.47. The van der Waals surface area contributed by atoms with Crippen LogP contribution in [-0.2, 0) is 11.2 Å². The third-order valence-electron chi connectivity index (χ3n) is 4.07. The van der Waals surface area contributed by atoms with Crippen molar-refractivity contribution >= 4 is 5.69 Å². The van der Waals surface area contributed by atoms with Crippen molar-refractivity contribution in [1.29, 1.82) is 0 Å². The van der Waals surface area contributed by atoms with E-state index in [9.17, 15) is 5.11 Å². The van der Waals surface area contributed by atoms with E-state index in [1.807, 2.05) is 0 Å². The normalized spacial score (nSPS) is 18.4. The maximum atomic E-state index is 9.47. The van der Waals surface area contributed by atoms with Crippen molar-refractivity contribution in [2.75, 3.05) is 45.6 Å². The number of nitrogens with zero attached hydrogens (tertiary/aromatic N) is 1. The van der Waals surface area contributed by atoms with Gasteiger partial charge in [-0.25, -0.2) is 0 Å². The Morgan fingerprint density at radius 1 is 1.26 bits per heavy atom. The Balaban J connectivity index is 1.75. The number of aryl methyl sites for hydroxylation is 1. The predicted octanol–water partition coefficient (Wildman–Crippen LogP) is 1.77. The molecule has 1 aliphatic rings. The molecule has 0 radical (unpaired) electrons. The smallest absolute Gasteiger partial charge is 0.116 e. The monoisotopic (exact) mass is 265 g/mol. The molecule has 0 saturated carbocycles. The van der Waals surface area contributed by atoms with Gasteiger partial charge in [0.1, 0.15) is 18.8 Å². The molecule has 1 aromatic rings. The number of hydrogen-bond acceptors (Lipinski definition) is 3. The summed E-state index contributed by atoms with van der Waals surface area (Å²) in [5, 5.41) is 9.47. The van der Waals surface area contributed by atoms with Gasteiger partial charge in [-0.3, -0.25) is 0 Å². The quantitative estimate of drug-likeness (QED) is 0.369. The average molecular weight is 265 g/mol. The van der Waals surface area contributed by atoms with E-state index in [0.717, 1.165) is 54.9 Å². The van der Waals surface area contributed by atoms with Gasteiger partial charge in [0.15, 0.2) is 0 Å². The molecule has 1 heterocycles. The molecule has 19 heavy (non-hydrogen) atoms. The number of benzene rings is 1. The van der Waals surface area contributed by atoms with Crippen LogP contribution in [0.25, 0.3) is 0 Å². The highest BCUT2D eigenvalue weighted by molar-refractivity contribution is 5.50. The number of ether oxygens (including phenoxy) is 1. The molecule has 1 saturated heterocycles. The summed E-state index contributed by atoms with van der Waals surface area (Å²) in [5.41, 5.74) is 7.75. The number of aromatic hydroxyl groups is 1. The number of rotatable bonds is 5. The molecule has 0 amide bonds. The zero-order chi connectivity index (χ0) is 13.7. The fraction of sp³-hybridized carbons (Fsp3) is 0.600. The molecule has 0 spiro atoms. The minimum absolute atomic E-state index is 0.302. The van der Waals surface area contributed by atoms with Gasteiger partial charge in [0.25, 0.3) is 0 Å². The molecule has 106 valence electrons. The fourth-order valence-electron chi connectivity index (χ4n) is 2.62. The highest BCUT2D eigenvalue weighted by Gasteiger charge is 2.24. The van der Waals surface area contributed by atoms with Crippen LogP contribution in [0.5, 0.6) is 5.75 Å². The molecular weight excluding hydrogens is 240 g/mol. The highest BCUT2D eigenvalue weighted by atomic mass is 16.5.